The van der Waals surface area contributed by atoms with Crippen molar-refractivity contribution in [1.29, 1.82) is 0 Å². The van der Waals surface area contributed by atoms with Crippen LogP contribution in [0.3, 0.4) is 0 Å². The molecule has 3 aromatic rings. The van der Waals surface area contributed by atoms with E-state index in [9.17, 15) is 4.79 Å². The molecule has 5 rings (SSSR count). The van der Waals surface area contributed by atoms with Crippen LogP contribution >= 0.6 is 46.7 Å². The van der Waals surface area contributed by atoms with Crippen molar-refractivity contribution in [2.75, 3.05) is 18.0 Å². The summed E-state index contributed by atoms with van der Waals surface area (Å²) in [7, 11) is 0. The maximum Gasteiger partial charge on any atom is 0.269 e. The molecule has 1 fully saturated rings. The van der Waals surface area contributed by atoms with Gasteiger partial charge in [0.2, 0.25) is 0 Å². The topological polar surface area (TPSA) is 35.9 Å². The lowest BCUT2D eigenvalue weighted by atomic mass is 10.1. The minimum atomic E-state index is -0.0252. The molecule has 0 spiro atoms. The molecule has 0 atom stereocenters. The number of benzene rings is 3. The maximum absolute atomic E-state index is 13.8. The standard InChI is InChI=1S/C27H23Cl2N3OS2/c1-3-31-22-15-19(28)10-12-23(22)34-26(31)24-25(33)32(14-13-18-7-5-4-6-8-18)27(35-24)30-20-11-9-17(2)21(29)16-20/h4-12,15-16H,3,13-14H2,1-2H3. The summed E-state index contributed by atoms with van der Waals surface area (Å²) in [6.07, 6.45) is 0.740. The van der Waals surface area contributed by atoms with Gasteiger partial charge in [0.15, 0.2) is 5.17 Å². The highest BCUT2D eigenvalue weighted by molar-refractivity contribution is 8.19. The summed E-state index contributed by atoms with van der Waals surface area (Å²) in [6.45, 7) is 5.32. The summed E-state index contributed by atoms with van der Waals surface area (Å²) in [6, 6.07) is 21.8. The van der Waals surface area contributed by atoms with Gasteiger partial charge in [0.25, 0.3) is 5.91 Å². The molecule has 0 bridgehead atoms. The molecule has 1 saturated heterocycles. The summed E-state index contributed by atoms with van der Waals surface area (Å²) >= 11 is 15.7. The van der Waals surface area contributed by atoms with Crippen molar-refractivity contribution in [2.45, 2.75) is 25.2 Å². The zero-order valence-electron chi connectivity index (χ0n) is 19.3. The van der Waals surface area contributed by atoms with E-state index in [1.807, 2.05) is 61.5 Å². The van der Waals surface area contributed by atoms with Gasteiger partial charge >= 0.3 is 0 Å². The van der Waals surface area contributed by atoms with Crippen LogP contribution in [-0.2, 0) is 11.2 Å². The fourth-order valence-electron chi connectivity index (χ4n) is 4.00. The predicted molar refractivity (Wildman–Crippen MR) is 150 cm³/mol. The van der Waals surface area contributed by atoms with Gasteiger partial charge in [0.1, 0.15) is 9.93 Å². The van der Waals surface area contributed by atoms with Gasteiger partial charge in [-0.15, -0.1) is 0 Å². The molecular formula is C27H23Cl2N3OS2. The van der Waals surface area contributed by atoms with E-state index in [0.29, 0.717) is 26.7 Å². The number of thioether (sulfide) groups is 2. The quantitative estimate of drug-likeness (QED) is 0.308. The van der Waals surface area contributed by atoms with Crippen LogP contribution in [0.5, 0.6) is 0 Å². The van der Waals surface area contributed by atoms with Crippen LogP contribution in [0.2, 0.25) is 10.0 Å². The molecular weight excluding hydrogens is 517 g/mol. The molecule has 0 aromatic heterocycles. The summed E-state index contributed by atoms with van der Waals surface area (Å²) in [5, 5.41) is 2.93. The normalized spacial score (nSPS) is 18.6. The first-order valence-electron chi connectivity index (χ1n) is 11.3. The van der Waals surface area contributed by atoms with E-state index < -0.39 is 0 Å². The van der Waals surface area contributed by atoms with Crippen LogP contribution in [0.25, 0.3) is 0 Å². The Hall–Kier alpha value is -2.38. The van der Waals surface area contributed by atoms with Gasteiger partial charge in [-0.2, -0.15) is 0 Å². The van der Waals surface area contributed by atoms with Gasteiger partial charge in [0.05, 0.1) is 11.4 Å². The van der Waals surface area contributed by atoms with Gasteiger partial charge in [-0.1, -0.05) is 71.4 Å². The van der Waals surface area contributed by atoms with Gasteiger partial charge in [0, 0.05) is 28.0 Å². The van der Waals surface area contributed by atoms with Crippen LogP contribution in [0.4, 0.5) is 11.4 Å². The lowest BCUT2D eigenvalue weighted by Crippen LogP contribution is -2.32. The number of fused-ring (bicyclic) bond motifs is 1. The van der Waals surface area contributed by atoms with E-state index in [1.165, 1.54) is 17.3 Å². The number of nitrogens with zero attached hydrogens (tertiary/aromatic N) is 3. The maximum atomic E-state index is 13.8. The van der Waals surface area contributed by atoms with Crippen LogP contribution in [-0.4, -0.2) is 29.1 Å². The fraction of sp³-hybridized carbons (Fsp3) is 0.185. The largest absolute Gasteiger partial charge is 0.334 e. The Bertz CT molecular complexity index is 1360. The molecule has 0 saturated carbocycles. The van der Waals surface area contributed by atoms with Crippen molar-refractivity contribution in [3.8, 4) is 0 Å². The number of amides is 1. The molecule has 2 aliphatic heterocycles. The van der Waals surface area contributed by atoms with Crippen LogP contribution in [0, 0.1) is 6.92 Å². The number of halogens is 2. The van der Waals surface area contributed by atoms with Gasteiger partial charge in [-0.25, -0.2) is 4.99 Å². The van der Waals surface area contributed by atoms with Crippen LogP contribution < -0.4 is 4.90 Å². The number of carbonyl (C=O) groups is 1. The van der Waals surface area contributed by atoms with Gasteiger partial charge < -0.3 is 4.90 Å². The molecule has 35 heavy (non-hydrogen) atoms. The Labute approximate surface area is 224 Å². The Morgan fingerprint density at radius 2 is 1.74 bits per heavy atom. The summed E-state index contributed by atoms with van der Waals surface area (Å²) in [5.74, 6) is -0.0252. The number of aliphatic imine (C=N–C) groups is 1. The average Bonchev–Trinajstić information content (AvgIpc) is 3.37. The second-order valence-electron chi connectivity index (χ2n) is 8.21. The number of rotatable bonds is 5. The number of carbonyl (C=O) groups excluding carboxylic acids is 1. The monoisotopic (exact) mass is 539 g/mol. The first-order valence-corrected chi connectivity index (χ1v) is 13.7. The SMILES string of the molecule is CCN1C(=C2SC(=Nc3ccc(C)c(Cl)c3)N(CCc3ccccc3)C2=O)Sc2ccc(Cl)cc21. The number of hydrogen-bond acceptors (Lipinski definition) is 5. The average molecular weight is 541 g/mol. The first kappa shape index (κ1) is 24.3. The number of amidine groups is 1. The lowest BCUT2D eigenvalue weighted by molar-refractivity contribution is -0.122. The number of aryl methyl sites for hydroxylation is 1. The zero-order chi connectivity index (χ0) is 24.5. The minimum Gasteiger partial charge on any atom is -0.334 e. The molecule has 8 heteroatoms. The molecule has 1 amide bonds. The van der Waals surface area contributed by atoms with Crippen LogP contribution in [0.1, 0.15) is 18.1 Å². The molecule has 0 radical (unpaired) electrons. The highest BCUT2D eigenvalue weighted by Crippen LogP contribution is 2.51. The van der Waals surface area contributed by atoms with Crippen molar-refractivity contribution in [3.05, 3.63) is 97.8 Å². The Morgan fingerprint density at radius 3 is 2.49 bits per heavy atom. The third-order valence-electron chi connectivity index (χ3n) is 5.88. The van der Waals surface area contributed by atoms with Gasteiger partial charge in [-0.05, 0) is 73.5 Å². The molecule has 178 valence electrons. The van der Waals surface area contributed by atoms with E-state index in [1.54, 1.807) is 16.7 Å². The molecule has 2 aliphatic rings. The molecule has 0 N–H and O–H groups in total. The number of hydrogen-bond donors (Lipinski definition) is 0. The minimum absolute atomic E-state index is 0.0252. The number of anilines is 1. The summed E-state index contributed by atoms with van der Waals surface area (Å²) in [5.41, 5.74) is 3.93. The Morgan fingerprint density at radius 1 is 0.943 bits per heavy atom. The Kier molecular flexibility index (Phi) is 7.17. The van der Waals surface area contributed by atoms with E-state index >= 15 is 0 Å². The lowest BCUT2D eigenvalue weighted by Gasteiger charge is -2.19. The highest BCUT2D eigenvalue weighted by atomic mass is 35.5. The fourth-order valence-corrected chi connectivity index (χ4v) is 6.74. The molecule has 3 aromatic carbocycles. The summed E-state index contributed by atoms with van der Waals surface area (Å²) < 4.78 is 0. The van der Waals surface area contributed by atoms with E-state index in [4.69, 9.17) is 28.2 Å². The summed E-state index contributed by atoms with van der Waals surface area (Å²) in [4.78, 5) is 24.4. The second kappa shape index (κ2) is 10.3. The van der Waals surface area contributed by atoms with Crippen molar-refractivity contribution in [3.63, 3.8) is 0 Å². The van der Waals surface area contributed by atoms with Crippen molar-refractivity contribution in [2.24, 2.45) is 4.99 Å². The van der Waals surface area contributed by atoms with E-state index in [0.717, 1.165) is 39.8 Å². The molecule has 0 unspecified atom stereocenters. The predicted octanol–water partition coefficient (Wildman–Crippen LogP) is 7.91. The van der Waals surface area contributed by atoms with Crippen molar-refractivity contribution in [1.82, 2.24) is 4.90 Å². The zero-order valence-corrected chi connectivity index (χ0v) is 22.4. The second-order valence-corrected chi connectivity index (χ2v) is 11.1. The highest BCUT2D eigenvalue weighted by Gasteiger charge is 2.39. The van der Waals surface area contributed by atoms with Crippen LogP contribution in [0.15, 0.2) is 86.6 Å². The Balaban J connectivity index is 1.53. The third kappa shape index (κ3) is 4.98. The molecule has 2 heterocycles. The smallest absolute Gasteiger partial charge is 0.269 e. The third-order valence-corrected chi connectivity index (χ3v) is 8.91. The molecule has 0 aliphatic carbocycles. The van der Waals surface area contributed by atoms with E-state index in [-0.39, 0.29) is 5.91 Å². The van der Waals surface area contributed by atoms with Crippen molar-refractivity contribution >= 4 is 69.2 Å². The first-order chi connectivity index (χ1) is 16.9. The van der Waals surface area contributed by atoms with Gasteiger partial charge in [-0.3, -0.25) is 9.69 Å². The van der Waals surface area contributed by atoms with E-state index in [2.05, 4.69) is 24.0 Å². The van der Waals surface area contributed by atoms with Crippen molar-refractivity contribution < 1.29 is 4.79 Å². The molecule has 4 nitrogen and oxygen atoms in total.